The van der Waals surface area contributed by atoms with E-state index < -0.39 is 10.0 Å². The molecule has 0 aliphatic carbocycles. The number of halogens is 1. The van der Waals surface area contributed by atoms with Gasteiger partial charge in [0.05, 0.1) is 15.5 Å². The fourth-order valence-electron chi connectivity index (χ4n) is 3.33. The van der Waals surface area contributed by atoms with E-state index in [1.54, 1.807) is 23.1 Å². The first-order chi connectivity index (χ1) is 13.9. The van der Waals surface area contributed by atoms with Gasteiger partial charge in [0.2, 0.25) is 16.8 Å². The van der Waals surface area contributed by atoms with Crippen molar-refractivity contribution in [2.75, 3.05) is 33.0 Å². The Morgan fingerprint density at radius 2 is 1.83 bits per heavy atom. The maximum atomic E-state index is 12.9. The van der Waals surface area contributed by atoms with Gasteiger partial charge in [-0.15, -0.1) is 0 Å². The van der Waals surface area contributed by atoms with E-state index in [-0.39, 0.29) is 54.4 Å². The second-order valence-electron chi connectivity index (χ2n) is 6.50. The van der Waals surface area contributed by atoms with Gasteiger partial charge in [0.1, 0.15) is 6.07 Å². The van der Waals surface area contributed by atoms with Crippen molar-refractivity contribution in [3.63, 3.8) is 0 Å². The standard InChI is InChI=1S/C19H16ClN3O5S/c20-15-9-14(10-16-18(15)28-12-27-16)19(24)22-5-7-23(8-6-22)29(25,26)17-4-2-1-3-13(17)11-21/h1-4,9-10H,5-8,12H2. The number of hydrogen-bond acceptors (Lipinski definition) is 6. The molecule has 2 aliphatic heterocycles. The Morgan fingerprint density at radius 1 is 1.10 bits per heavy atom. The largest absolute Gasteiger partial charge is 0.454 e. The zero-order chi connectivity index (χ0) is 20.6. The van der Waals surface area contributed by atoms with Crippen molar-refractivity contribution in [1.82, 2.24) is 9.21 Å². The number of hydrogen-bond donors (Lipinski definition) is 0. The van der Waals surface area contributed by atoms with Crippen LogP contribution in [-0.4, -0.2) is 56.5 Å². The van der Waals surface area contributed by atoms with Crippen LogP contribution < -0.4 is 9.47 Å². The maximum Gasteiger partial charge on any atom is 0.254 e. The second-order valence-corrected chi connectivity index (χ2v) is 8.81. The van der Waals surface area contributed by atoms with Crippen molar-refractivity contribution in [1.29, 1.82) is 5.26 Å². The first-order valence-electron chi connectivity index (χ1n) is 8.79. The third-order valence-electron chi connectivity index (χ3n) is 4.83. The van der Waals surface area contributed by atoms with E-state index in [0.717, 1.165) is 0 Å². The van der Waals surface area contributed by atoms with E-state index in [9.17, 15) is 18.5 Å². The molecule has 2 aliphatic rings. The average molecular weight is 434 g/mol. The summed E-state index contributed by atoms with van der Waals surface area (Å²) in [6.07, 6.45) is 0. The highest BCUT2D eigenvalue weighted by atomic mass is 35.5. The molecule has 0 spiro atoms. The summed E-state index contributed by atoms with van der Waals surface area (Å²) in [6, 6.07) is 11.1. The monoisotopic (exact) mass is 433 g/mol. The molecule has 0 unspecified atom stereocenters. The number of nitriles is 1. The molecule has 0 N–H and O–H groups in total. The Bertz CT molecular complexity index is 1120. The summed E-state index contributed by atoms with van der Waals surface area (Å²) in [5.74, 6) is 0.560. The molecule has 150 valence electrons. The van der Waals surface area contributed by atoms with E-state index in [1.807, 2.05) is 6.07 Å². The summed E-state index contributed by atoms with van der Waals surface area (Å²) in [6.45, 7) is 0.753. The van der Waals surface area contributed by atoms with Crippen molar-refractivity contribution in [3.8, 4) is 17.6 Å². The Kier molecular flexibility index (Phi) is 5.08. The van der Waals surface area contributed by atoms with Gasteiger partial charge in [-0.1, -0.05) is 23.7 Å². The lowest BCUT2D eigenvalue weighted by Crippen LogP contribution is -2.50. The number of ether oxygens (including phenoxy) is 2. The molecule has 1 saturated heterocycles. The molecule has 0 atom stereocenters. The number of nitrogens with zero attached hydrogens (tertiary/aromatic N) is 3. The topological polar surface area (TPSA) is 99.9 Å². The van der Waals surface area contributed by atoms with Crippen LogP contribution in [0.3, 0.4) is 0 Å². The lowest BCUT2D eigenvalue weighted by atomic mass is 10.1. The predicted octanol–water partition coefficient (Wildman–Crippen LogP) is 2.09. The number of rotatable bonds is 3. The minimum atomic E-state index is -3.82. The zero-order valence-electron chi connectivity index (χ0n) is 15.2. The number of carbonyl (C=O) groups excluding carboxylic acids is 1. The summed E-state index contributed by atoms with van der Waals surface area (Å²) >= 11 is 6.15. The number of piperazine rings is 1. The van der Waals surface area contributed by atoms with Crippen molar-refractivity contribution in [3.05, 3.63) is 52.5 Å². The molecule has 10 heteroatoms. The van der Waals surface area contributed by atoms with Crippen molar-refractivity contribution >= 4 is 27.5 Å². The van der Waals surface area contributed by atoms with Crippen LogP contribution >= 0.6 is 11.6 Å². The van der Waals surface area contributed by atoms with Crippen LogP contribution in [0.5, 0.6) is 11.5 Å². The third-order valence-corrected chi connectivity index (χ3v) is 7.06. The van der Waals surface area contributed by atoms with E-state index >= 15 is 0 Å². The average Bonchev–Trinajstić information content (AvgIpc) is 3.22. The summed E-state index contributed by atoms with van der Waals surface area (Å²) < 4.78 is 37.7. The van der Waals surface area contributed by atoms with Crippen LogP contribution in [0.25, 0.3) is 0 Å². The van der Waals surface area contributed by atoms with Crippen molar-refractivity contribution in [2.45, 2.75) is 4.90 Å². The molecule has 8 nitrogen and oxygen atoms in total. The molecular formula is C19H16ClN3O5S. The molecule has 0 aromatic heterocycles. The van der Waals surface area contributed by atoms with Gasteiger partial charge in [0.25, 0.3) is 5.91 Å². The number of amides is 1. The lowest BCUT2D eigenvalue weighted by molar-refractivity contribution is 0.0697. The first-order valence-corrected chi connectivity index (χ1v) is 10.6. The minimum Gasteiger partial charge on any atom is -0.454 e. The molecule has 4 rings (SSSR count). The van der Waals surface area contributed by atoms with Gasteiger partial charge < -0.3 is 14.4 Å². The van der Waals surface area contributed by atoms with Crippen LogP contribution in [0, 0.1) is 11.3 Å². The SMILES string of the molecule is N#Cc1ccccc1S(=O)(=O)N1CCN(C(=O)c2cc(Cl)c3c(c2)OCO3)CC1. The fraction of sp³-hybridized carbons (Fsp3) is 0.263. The molecule has 0 saturated carbocycles. The van der Waals surface area contributed by atoms with E-state index in [1.165, 1.54) is 22.5 Å². The van der Waals surface area contributed by atoms with Crippen LogP contribution in [0.4, 0.5) is 0 Å². The number of carbonyl (C=O) groups is 1. The van der Waals surface area contributed by atoms with Gasteiger partial charge in [-0.3, -0.25) is 4.79 Å². The van der Waals surface area contributed by atoms with Crippen molar-refractivity contribution < 1.29 is 22.7 Å². The molecule has 1 amide bonds. The minimum absolute atomic E-state index is 0.0233. The Hall–Kier alpha value is -2.80. The van der Waals surface area contributed by atoms with Crippen molar-refractivity contribution in [2.24, 2.45) is 0 Å². The molecule has 1 fully saturated rings. The van der Waals surface area contributed by atoms with Crippen LogP contribution in [0.1, 0.15) is 15.9 Å². The highest BCUT2D eigenvalue weighted by Crippen LogP contribution is 2.40. The normalized spacial score (nSPS) is 16.5. The smallest absolute Gasteiger partial charge is 0.254 e. The Labute approximate surface area is 172 Å². The Morgan fingerprint density at radius 3 is 2.55 bits per heavy atom. The van der Waals surface area contributed by atoms with Gasteiger partial charge in [-0.05, 0) is 24.3 Å². The summed E-state index contributed by atoms with van der Waals surface area (Å²) in [4.78, 5) is 14.4. The third kappa shape index (κ3) is 3.51. The van der Waals surface area contributed by atoms with E-state index in [4.69, 9.17) is 21.1 Å². The van der Waals surface area contributed by atoms with Gasteiger partial charge in [-0.25, -0.2) is 8.42 Å². The Balaban J connectivity index is 1.49. The summed E-state index contributed by atoms with van der Waals surface area (Å²) in [5, 5.41) is 9.48. The molecule has 2 heterocycles. The fourth-order valence-corrected chi connectivity index (χ4v) is 5.16. The van der Waals surface area contributed by atoms with Crippen LogP contribution in [0.15, 0.2) is 41.3 Å². The highest BCUT2D eigenvalue weighted by Gasteiger charge is 2.32. The zero-order valence-corrected chi connectivity index (χ0v) is 16.7. The van der Waals surface area contributed by atoms with Gasteiger partial charge in [0, 0.05) is 31.7 Å². The molecule has 2 aromatic rings. The van der Waals surface area contributed by atoms with Crippen LogP contribution in [-0.2, 0) is 10.0 Å². The van der Waals surface area contributed by atoms with E-state index in [2.05, 4.69) is 0 Å². The summed E-state index contributed by atoms with van der Waals surface area (Å²) in [5.41, 5.74) is 0.450. The quantitative estimate of drug-likeness (QED) is 0.734. The number of sulfonamides is 1. The molecular weight excluding hydrogens is 418 g/mol. The molecule has 0 radical (unpaired) electrons. The van der Waals surface area contributed by atoms with Gasteiger partial charge in [0.15, 0.2) is 11.5 Å². The molecule has 29 heavy (non-hydrogen) atoms. The first kappa shape index (κ1) is 19.5. The highest BCUT2D eigenvalue weighted by molar-refractivity contribution is 7.89. The number of fused-ring (bicyclic) bond motifs is 1. The van der Waals surface area contributed by atoms with Gasteiger partial charge >= 0.3 is 0 Å². The summed E-state index contributed by atoms with van der Waals surface area (Å²) in [7, 11) is -3.82. The second kappa shape index (κ2) is 7.55. The maximum absolute atomic E-state index is 12.9. The predicted molar refractivity (Wildman–Crippen MR) is 103 cm³/mol. The molecule has 0 bridgehead atoms. The lowest BCUT2D eigenvalue weighted by Gasteiger charge is -2.34. The molecule has 2 aromatic carbocycles. The van der Waals surface area contributed by atoms with Crippen LogP contribution in [0.2, 0.25) is 5.02 Å². The van der Waals surface area contributed by atoms with Gasteiger partial charge in [-0.2, -0.15) is 9.57 Å². The number of benzene rings is 2. The van der Waals surface area contributed by atoms with E-state index in [0.29, 0.717) is 17.1 Å².